The Kier molecular flexibility index (Phi) is 6.48. The first-order valence-electron chi connectivity index (χ1n) is 7.69. The number of hydrogen-bond donors (Lipinski definition) is 3. The van der Waals surface area contributed by atoms with E-state index in [-0.39, 0.29) is 21.4 Å². The molecule has 0 aliphatic rings. The maximum atomic E-state index is 12.2. The number of hydrogen-bond acceptors (Lipinski definition) is 4. The van der Waals surface area contributed by atoms with Crippen molar-refractivity contribution in [2.24, 2.45) is 0 Å². The normalized spacial score (nSPS) is 10.3. The third-order valence-corrected chi connectivity index (χ3v) is 3.96. The van der Waals surface area contributed by atoms with Gasteiger partial charge in [0.15, 0.2) is 5.11 Å². The second kappa shape index (κ2) is 8.59. The van der Waals surface area contributed by atoms with E-state index in [4.69, 9.17) is 23.8 Å². The van der Waals surface area contributed by atoms with Crippen molar-refractivity contribution in [2.45, 2.75) is 19.8 Å². The second-order valence-corrected chi connectivity index (χ2v) is 6.57. The van der Waals surface area contributed by atoms with Crippen LogP contribution in [0.1, 0.15) is 35.7 Å². The van der Waals surface area contributed by atoms with Crippen molar-refractivity contribution in [3.05, 3.63) is 68.7 Å². The standard InChI is InChI=1S/C17H17ClN4O3S/c1-10(2)11-3-6-13(7-4-11)19-17(26)21-20-16(23)14-9-12(18)5-8-15(14)22(24)25/h3-10H,1-2H3,(H,20,23)(H2,19,21,26). The minimum Gasteiger partial charge on any atom is -0.331 e. The summed E-state index contributed by atoms with van der Waals surface area (Å²) in [5, 5.41) is 14.3. The third kappa shape index (κ3) is 5.14. The van der Waals surface area contributed by atoms with Crippen molar-refractivity contribution in [1.29, 1.82) is 0 Å². The zero-order chi connectivity index (χ0) is 19.3. The quantitative estimate of drug-likeness (QED) is 0.413. The fraction of sp³-hybridized carbons (Fsp3) is 0.176. The van der Waals surface area contributed by atoms with Gasteiger partial charge in [-0.1, -0.05) is 37.6 Å². The zero-order valence-corrected chi connectivity index (χ0v) is 15.6. The maximum Gasteiger partial charge on any atom is 0.282 e. The highest BCUT2D eigenvalue weighted by molar-refractivity contribution is 7.80. The number of nitro groups is 1. The third-order valence-electron chi connectivity index (χ3n) is 3.52. The summed E-state index contributed by atoms with van der Waals surface area (Å²) in [6.07, 6.45) is 0. The van der Waals surface area contributed by atoms with E-state index in [9.17, 15) is 14.9 Å². The average molecular weight is 393 g/mol. The van der Waals surface area contributed by atoms with E-state index in [0.29, 0.717) is 5.92 Å². The Hall–Kier alpha value is -2.71. The van der Waals surface area contributed by atoms with E-state index in [0.717, 1.165) is 5.69 Å². The van der Waals surface area contributed by atoms with Gasteiger partial charge in [0.2, 0.25) is 0 Å². The molecule has 0 aliphatic heterocycles. The number of nitro benzene ring substituents is 1. The van der Waals surface area contributed by atoms with Crippen molar-refractivity contribution < 1.29 is 9.72 Å². The highest BCUT2D eigenvalue weighted by Gasteiger charge is 2.20. The minimum absolute atomic E-state index is 0.139. The molecule has 7 nitrogen and oxygen atoms in total. The zero-order valence-electron chi connectivity index (χ0n) is 14.1. The fourth-order valence-corrected chi connectivity index (χ4v) is 2.48. The fourth-order valence-electron chi connectivity index (χ4n) is 2.14. The van der Waals surface area contributed by atoms with Gasteiger partial charge in [-0.15, -0.1) is 0 Å². The number of nitrogens with zero attached hydrogens (tertiary/aromatic N) is 1. The van der Waals surface area contributed by atoms with Gasteiger partial charge in [0.05, 0.1) is 4.92 Å². The smallest absolute Gasteiger partial charge is 0.282 e. The topological polar surface area (TPSA) is 96.3 Å². The number of benzene rings is 2. The Bertz CT molecular complexity index is 840. The van der Waals surface area contributed by atoms with Gasteiger partial charge < -0.3 is 5.32 Å². The van der Waals surface area contributed by atoms with Gasteiger partial charge in [0.25, 0.3) is 11.6 Å². The van der Waals surface area contributed by atoms with Gasteiger partial charge in [0.1, 0.15) is 5.56 Å². The van der Waals surface area contributed by atoms with Crippen LogP contribution < -0.4 is 16.2 Å². The molecule has 0 atom stereocenters. The molecule has 3 N–H and O–H groups in total. The number of anilines is 1. The number of thiocarbonyl (C=S) groups is 1. The summed E-state index contributed by atoms with van der Waals surface area (Å²) in [6.45, 7) is 4.19. The van der Waals surface area contributed by atoms with Crippen molar-refractivity contribution in [3.8, 4) is 0 Å². The molecular formula is C17H17ClN4O3S. The highest BCUT2D eigenvalue weighted by Crippen LogP contribution is 2.22. The van der Waals surface area contributed by atoms with Crippen molar-refractivity contribution >= 4 is 46.2 Å². The Balaban J connectivity index is 1.98. The molecule has 0 aromatic heterocycles. The average Bonchev–Trinajstić information content (AvgIpc) is 2.59. The number of nitrogens with one attached hydrogen (secondary N) is 3. The molecule has 0 saturated heterocycles. The molecule has 0 aliphatic carbocycles. The monoisotopic (exact) mass is 392 g/mol. The largest absolute Gasteiger partial charge is 0.331 e. The van der Waals surface area contributed by atoms with Crippen LogP contribution in [-0.2, 0) is 0 Å². The Morgan fingerprint density at radius 1 is 1.15 bits per heavy atom. The molecule has 0 unspecified atom stereocenters. The lowest BCUT2D eigenvalue weighted by molar-refractivity contribution is -0.385. The van der Waals surface area contributed by atoms with Crippen LogP contribution in [0.15, 0.2) is 42.5 Å². The first-order chi connectivity index (χ1) is 12.3. The summed E-state index contributed by atoms with van der Waals surface area (Å²) >= 11 is 10.9. The van der Waals surface area contributed by atoms with E-state index in [1.807, 2.05) is 24.3 Å². The molecule has 9 heteroatoms. The van der Waals surface area contributed by atoms with Crippen molar-refractivity contribution in [3.63, 3.8) is 0 Å². The summed E-state index contributed by atoms with van der Waals surface area (Å²) < 4.78 is 0. The maximum absolute atomic E-state index is 12.2. The number of amides is 1. The van der Waals surface area contributed by atoms with Crippen LogP contribution in [0.2, 0.25) is 5.02 Å². The number of carbonyl (C=O) groups is 1. The summed E-state index contributed by atoms with van der Waals surface area (Å²) in [6, 6.07) is 11.4. The summed E-state index contributed by atoms with van der Waals surface area (Å²) in [5.74, 6) is -0.305. The lowest BCUT2D eigenvalue weighted by atomic mass is 10.0. The molecule has 0 heterocycles. The molecule has 1 amide bonds. The molecule has 2 aromatic carbocycles. The van der Waals surface area contributed by atoms with E-state index < -0.39 is 10.8 Å². The molecule has 0 saturated carbocycles. The van der Waals surface area contributed by atoms with E-state index in [2.05, 4.69) is 30.0 Å². The predicted molar refractivity (Wildman–Crippen MR) is 105 cm³/mol. The Labute approximate surface area is 160 Å². The SMILES string of the molecule is CC(C)c1ccc(NC(=S)NNC(=O)c2cc(Cl)ccc2[N+](=O)[O-])cc1. The Morgan fingerprint density at radius 3 is 2.38 bits per heavy atom. The number of rotatable bonds is 4. The van der Waals surface area contributed by atoms with E-state index in [1.165, 1.54) is 23.8 Å². The lowest BCUT2D eigenvalue weighted by Gasteiger charge is -2.13. The molecular weight excluding hydrogens is 376 g/mol. The number of halogens is 1. The molecule has 136 valence electrons. The summed E-state index contributed by atoms with van der Waals surface area (Å²) in [5.41, 5.74) is 6.24. The molecule has 0 radical (unpaired) electrons. The first-order valence-corrected chi connectivity index (χ1v) is 8.47. The molecule has 0 fully saturated rings. The van der Waals surface area contributed by atoms with Gasteiger partial charge in [-0.2, -0.15) is 0 Å². The van der Waals surface area contributed by atoms with Gasteiger partial charge in [-0.25, -0.2) is 0 Å². The highest BCUT2D eigenvalue weighted by atomic mass is 35.5. The first kappa shape index (κ1) is 19.6. The Morgan fingerprint density at radius 2 is 1.81 bits per heavy atom. The van der Waals surface area contributed by atoms with Gasteiger partial charge in [-0.05, 0) is 48.0 Å². The van der Waals surface area contributed by atoms with Gasteiger partial charge in [0, 0.05) is 16.8 Å². The summed E-state index contributed by atoms with van der Waals surface area (Å²) in [4.78, 5) is 22.5. The van der Waals surface area contributed by atoms with Crippen LogP contribution in [0, 0.1) is 10.1 Å². The van der Waals surface area contributed by atoms with E-state index >= 15 is 0 Å². The molecule has 26 heavy (non-hydrogen) atoms. The second-order valence-electron chi connectivity index (χ2n) is 5.73. The van der Waals surface area contributed by atoms with Crippen LogP contribution in [0.3, 0.4) is 0 Å². The van der Waals surface area contributed by atoms with Crippen molar-refractivity contribution in [1.82, 2.24) is 10.9 Å². The van der Waals surface area contributed by atoms with Crippen LogP contribution in [-0.4, -0.2) is 15.9 Å². The molecule has 2 aromatic rings. The van der Waals surface area contributed by atoms with Crippen LogP contribution >= 0.6 is 23.8 Å². The van der Waals surface area contributed by atoms with Crippen LogP contribution in [0.4, 0.5) is 11.4 Å². The number of carbonyl (C=O) groups excluding carboxylic acids is 1. The molecule has 0 bridgehead atoms. The number of hydrazine groups is 1. The van der Waals surface area contributed by atoms with Crippen molar-refractivity contribution in [2.75, 3.05) is 5.32 Å². The van der Waals surface area contributed by atoms with Crippen LogP contribution in [0.5, 0.6) is 0 Å². The molecule has 2 rings (SSSR count). The molecule has 0 spiro atoms. The lowest BCUT2D eigenvalue weighted by Crippen LogP contribution is -2.43. The van der Waals surface area contributed by atoms with Crippen LogP contribution in [0.25, 0.3) is 0 Å². The summed E-state index contributed by atoms with van der Waals surface area (Å²) in [7, 11) is 0. The minimum atomic E-state index is -0.724. The van der Waals surface area contributed by atoms with E-state index in [1.54, 1.807) is 0 Å². The van der Waals surface area contributed by atoms with Gasteiger partial charge in [-0.3, -0.25) is 25.8 Å². The van der Waals surface area contributed by atoms with Gasteiger partial charge >= 0.3 is 0 Å². The predicted octanol–water partition coefficient (Wildman–Crippen LogP) is 4.00.